The van der Waals surface area contributed by atoms with Crippen LogP contribution in [0.25, 0.3) is 11.0 Å². The van der Waals surface area contributed by atoms with E-state index in [0.717, 1.165) is 61.9 Å². The molecule has 4 rings (SSSR count). The van der Waals surface area contributed by atoms with Crippen LogP contribution in [0.5, 0.6) is 5.75 Å². The van der Waals surface area contributed by atoms with Gasteiger partial charge in [0.05, 0.1) is 5.56 Å². The van der Waals surface area contributed by atoms with Crippen LogP contribution in [0.3, 0.4) is 0 Å². The molecule has 0 saturated carbocycles. The number of hydrogen-bond acceptors (Lipinski definition) is 4. The number of carbonyl (C=O) groups is 2. The van der Waals surface area contributed by atoms with Crippen LogP contribution in [-0.4, -0.2) is 36.3 Å². The minimum absolute atomic E-state index is 0.0121. The number of amides is 1. The zero-order valence-electron chi connectivity index (χ0n) is 17.4. The van der Waals surface area contributed by atoms with Crippen molar-refractivity contribution in [3.8, 4) is 5.75 Å². The van der Waals surface area contributed by atoms with E-state index in [0.29, 0.717) is 16.9 Å². The largest absolute Gasteiger partial charge is 0.484 e. The molecule has 1 fully saturated rings. The van der Waals surface area contributed by atoms with Gasteiger partial charge >= 0.3 is 0 Å². The number of ketones is 1. The third-order valence-electron chi connectivity index (χ3n) is 5.59. The van der Waals surface area contributed by atoms with Crippen LogP contribution in [0.4, 0.5) is 0 Å². The Morgan fingerprint density at radius 2 is 1.77 bits per heavy atom. The number of nitrogens with zero attached hydrogens (tertiary/aromatic N) is 1. The number of para-hydroxylation sites is 1. The Kier molecular flexibility index (Phi) is 6.17. The molecule has 0 unspecified atom stereocenters. The first kappa shape index (κ1) is 20.2. The maximum absolute atomic E-state index is 13.3. The molecule has 0 aliphatic carbocycles. The van der Waals surface area contributed by atoms with Crippen LogP contribution >= 0.6 is 0 Å². The van der Waals surface area contributed by atoms with Gasteiger partial charge in [-0.3, -0.25) is 9.59 Å². The molecular weight excluding hydrogens is 378 g/mol. The van der Waals surface area contributed by atoms with Crippen molar-refractivity contribution in [2.75, 3.05) is 19.7 Å². The summed E-state index contributed by atoms with van der Waals surface area (Å²) in [6, 6.07) is 14.7. The van der Waals surface area contributed by atoms with E-state index in [-0.39, 0.29) is 18.3 Å². The molecule has 1 aliphatic rings. The monoisotopic (exact) mass is 405 g/mol. The second-order valence-electron chi connectivity index (χ2n) is 7.73. The van der Waals surface area contributed by atoms with Crippen LogP contribution in [0.15, 0.2) is 52.9 Å². The molecule has 0 radical (unpaired) electrons. The Morgan fingerprint density at radius 1 is 1.03 bits per heavy atom. The highest BCUT2D eigenvalue weighted by Gasteiger charge is 2.22. The number of fused-ring (bicyclic) bond motifs is 1. The number of carbonyl (C=O) groups excluding carboxylic acids is 2. The fourth-order valence-corrected chi connectivity index (χ4v) is 3.91. The van der Waals surface area contributed by atoms with Gasteiger partial charge in [0.1, 0.15) is 17.1 Å². The molecule has 0 atom stereocenters. The maximum Gasteiger partial charge on any atom is 0.260 e. The van der Waals surface area contributed by atoms with E-state index in [2.05, 4.69) is 6.92 Å². The Balaban J connectivity index is 1.50. The van der Waals surface area contributed by atoms with Gasteiger partial charge in [-0.15, -0.1) is 0 Å². The lowest BCUT2D eigenvalue weighted by Gasteiger charge is -2.15. The van der Waals surface area contributed by atoms with Gasteiger partial charge in [0.2, 0.25) is 0 Å². The number of hydrogen-bond donors (Lipinski definition) is 0. The lowest BCUT2D eigenvalue weighted by molar-refractivity contribution is -0.132. The van der Waals surface area contributed by atoms with Gasteiger partial charge in [-0.05, 0) is 49.6 Å². The molecule has 30 heavy (non-hydrogen) atoms. The Hall–Kier alpha value is -3.08. The van der Waals surface area contributed by atoms with E-state index in [1.807, 2.05) is 29.2 Å². The Labute approximate surface area is 176 Å². The van der Waals surface area contributed by atoms with Gasteiger partial charge in [-0.25, -0.2) is 0 Å². The highest BCUT2D eigenvalue weighted by atomic mass is 16.5. The van der Waals surface area contributed by atoms with Crippen molar-refractivity contribution in [2.45, 2.75) is 39.0 Å². The van der Waals surface area contributed by atoms with Crippen molar-refractivity contribution in [3.63, 3.8) is 0 Å². The van der Waals surface area contributed by atoms with E-state index in [4.69, 9.17) is 9.15 Å². The van der Waals surface area contributed by atoms with Gasteiger partial charge < -0.3 is 14.1 Å². The summed E-state index contributed by atoms with van der Waals surface area (Å²) >= 11 is 0. The summed E-state index contributed by atoms with van der Waals surface area (Å²) in [5.74, 6) is 1.30. The van der Waals surface area contributed by atoms with Crippen molar-refractivity contribution in [1.82, 2.24) is 4.90 Å². The lowest BCUT2D eigenvalue weighted by atomic mass is 9.98. The molecule has 2 aromatic carbocycles. The molecule has 0 bridgehead atoms. The minimum atomic E-state index is -0.0502. The molecule has 3 aromatic rings. The second-order valence-corrected chi connectivity index (χ2v) is 7.73. The van der Waals surface area contributed by atoms with Gasteiger partial charge in [0.15, 0.2) is 12.4 Å². The average Bonchev–Trinajstić information content (AvgIpc) is 3.44. The van der Waals surface area contributed by atoms with Gasteiger partial charge in [-0.1, -0.05) is 31.5 Å². The van der Waals surface area contributed by atoms with Crippen LogP contribution < -0.4 is 4.74 Å². The quantitative estimate of drug-likeness (QED) is 0.495. The molecule has 1 saturated heterocycles. The maximum atomic E-state index is 13.3. The number of furan rings is 1. The summed E-state index contributed by atoms with van der Waals surface area (Å²) in [5, 5.41) is 0.852. The van der Waals surface area contributed by atoms with E-state index >= 15 is 0 Å². The van der Waals surface area contributed by atoms with Crippen molar-refractivity contribution in [3.05, 3.63) is 65.4 Å². The first-order valence-corrected chi connectivity index (χ1v) is 10.7. The van der Waals surface area contributed by atoms with Crippen molar-refractivity contribution < 1.29 is 18.7 Å². The van der Waals surface area contributed by atoms with Gasteiger partial charge in [-0.2, -0.15) is 0 Å². The molecule has 1 aliphatic heterocycles. The zero-order valence-corrected chi connectivity index (χ0v) is 17.4. The summed E-state index contributed by atoms with van der Waals surface area (Å²) in [5.41, 5.74) is 1.97. The number of rotatable bonds is 8. The lowest BCUT2D eigenvalue weighted by Crippen LogP contribution is -2.32. The normalized spacial score (nSPS) is 13.7. The molecular formula is C25H27NO4. The van der Waals surface area contributed by atoms with Crippen LogP contribution in [0.1, 0.15) is 54.3 Å². The second kappa shape index (κ2) is 9.16. The molecule has 0 spiro atoms. The summed E-state index contributed by atoms with van der Waals surface area (Å²) in [6.07, 6.45) is 4.87. The van der Waals surface area contributed by atoms with Gasteiger partial charge in [0.25, 0.3) is 5.91 Å². The van der Waals surface area contributed by atoms with E-state index in [1.54, 1.807) is 24.3 Å². The molecule has 1 aromatic heterocycles. The fraction of sp³-hybridized carbons (Fsp3) is 0.360. The highest BCUT2D eigenvalue weighted by Crippen LogP contribution is 2.29. The Morgan fingerprint density at radius 3 is 2.50 bits per heavy atom. The van der Waals surface area contributed by atoms with E-state index < -0.39 is 0 Å². The first-order valence-electron chi connectivity index (χ1n) is 10.7. The average molecular weight is 405 g/mol. The number of unbranched alkanes of at least 4 members (excludes halogenated alkanes) is 1. The van der Waals surface area contributed by atoms with Crippen molar-refractivity contribution in [1.29, 1.82) is 0 Å². The summed E-state index contributed by atoms with van der Waals surface area (Å²) in [7, 11) is 0. The van der Waals surface area contributed by atoms with Crippen molar-refractivity contribution >= 4 is 22.7 Å². The predicted molar refractivity (Wildman–Crippen MR) is 116 cm³/mol. The zero-order chi connectivity index (χ0) is 20.9. The van der Waals surface area contributed by atoms with E-state index in [1.165, 1.54) is 0 Å². The molecule has 156 valence electrons. The number of benzene rings is 2. The third kappa shape index (κ3) is 4.25. The molecule has 5 heteroatoms. The topological polar surface area (TPSA) is 59.8 Å². The SMILES string of the molecule is CCCCc1oc2ccccc2c1C(=O)c1ccc(OCC(=O)N2CCCC2)cc1. The van der Waals surface area contributed by atoms with Crippen molar-refractivity contribution in [2.24, 2.45) is 0 Å². The van der Waals surface area contributed by atoms with Crippen LogP contribution in [-0.2, 0) is 11.2 Å². The Bertz CT molecular complexity index is 1030. The third-order valence-corrected chi connectivity index (χ3v) is 5.59. The fourth-order valence-electron chi connectivity index (χ4n) is 3.91. The summed E-state index contributed by atoms with van der Waals surface area (Å²) in [6.45, 7) is 3.78. The van der Waals surface area contributed by atoms with Crippen LogP contribution in [0.2, 0.25) is 0 Å². The molecule has 0 N–H and O–H groups in total. The predicted octanol–water partition coefficient (Wildman–Crippen LogP) is 5.01. The smallest absolute Gasteiger partial charge is 0.260 e. The minimum Gasteiger partial charge on any atom is -0.484 e. The van der Waals surface area contributed by atoms with E-state index in [9.17, 15) is 9.59 Å². The number of likely N-dealkylation sites (tertiary alicyclic amines) is 1. The number of ether oxygens (including phenoxy) is 1. The summed E-state index contributed by atoms with van der Waals surface area (Å²) < 4.78 is 11.6. The standard InChI is InChI=1S/C25H27NO4/c1-2-3-9-22-24(20-8-4-5-10-21(20)30-22)25(28)18-11-13-19(14-12-18)29-17-23(27)26-15-6-7-16-26/h4-5,8,10-14H,2-3,6-7,9,15-17H2,1H3. The first-order chi connectivity index (χ1) is 14.7. The summed E-state index contributed by atoms with van der Waals surface area (Å²) in [4.78, 5) is 27.3. The number of aryl methyl sites for hydroxylation is 1. The van der Waals surface area contributed by atoms with Gasteiger partial charge in [0, 0.05) is 30.5 Å². The highest BCUT2D eigenvalue weighted by molar-refractivity contribution is 6.16. The molecule has 2 heterocycles. The molecule has 1 amide bonds. The van der Waals surface area contributed by atoms with Crippen LogP contribution in [0, 0.1) is 0 Å². The molecule has 5 nitrogen and oxygen atoms in total.